The van der Waals surface area contributed by atoms with E-state index in [0.29, 0.717) is 6.54 Å². The number of anilines is 1. The van der Waals surface area contributed by atoms with Gasteiger partial charge in [0.2, 0.25) is 0 Å². The first-order valence-electron chi connectivity index (χ1n) is 6.50. The van der Waals surface area contributed by atoms with Crippen LogP contribution in [0, 0.1) is 27.3 Å². The minimum atomic E-state index is -0.808. The lowest BCUT2D eigenvalue weighted by Gasteiger charge is -2.31. The number of likely N-dealkylation sites (tertiary alicyclic amines) is 1. The maximum atomic E-state index is 13.3. The smallest absolute Gasteiger partial charge is 0.295 e. The Balaban J connectivity index is 2.08. The summed E-state index contributed by atoms with van der Waals surface area (Å²) >= 11 is 5.69. The summed E-state index contributed by atoms with van der Waals surface area (Å²) in [6.45, 7) is 1.87. The molecular weight excluding hydrogens is 299 g/mol. The number of nitro benzene ring substituents is 1. The zero-order valence-electron chi connectivity index (χ0n) is 11.2. The fraction of sp³-hybridized carbons (Fsp3) is 0.462. The van der Waals surface area contributed by atoms with Gasteiger partial charge in [-0.1, -0.05) is 11.6 Å². The quantitative estimate of drug-likeness (QED) is 0.525. The number of rotatable bonds is 4. The minimum Gasteiger partial charge on any atom is -0.377 e. The molecule has 0 bridgehead atoms. The summed E-state index contributed by atoms with van der Waals surface area (Å²) in [7, 11) is 0. The Morgan fingerprint density at radius 2 is 2.19 bits per heavy atom. The molecule has 8 heteroatoms. The molecule has 1 heterocycles. The highest BCUT2D eigenvalue weighted by molar-refractivity contribution is 6.31. The van der Waals surface area contributed by atoms with Crippen LogP contribution in [0.15, 0.2) is 12.1 Å². The fourth-order valence-corrected chi connectivity index (χ4v) is 2.52. The van der Waals surface area contributed by atoms with Gasteiger partial charge in [0.1, 0.15) is 11.5 Å². The van der Waals surface area contributed by atoms with Gasteiger partial charge in [0.15, 0.2) is 0 Å². The zero-order chi connectivity index (χ0) is 15.4. The average molecular weight is 313 g/mol. The molecule has 0 aliphatic carbocycles. The Morgan fingerprint density at radius 1 is 1.52 bits per heavy atom. The second-order valence-electron chi connectivity index (χ2n) is 4.89. The third-order valence-electron chi connectivity index (χ3n) is 3.48. The molecule has 1 aliphatic heterocycles. The number of piperidine rings is 1. The first-order valence-corrected chi connectivity index (χ1v) is 6.88. The molecule has 1 aromatic carbocycles. The lowest BCUT2D eigenvalue weighted by atomic mass is 10.0. The predicted molar refractivity (Wildman–Crippen MR) is 76.8 cm³/mol. The Labute approximate surface area is 126 Å². The van der Waals surface area contributed by atoms with Gasteiger partial charge in [-0.2, -0.15) is 5.26 Å². The Bertz CT molecular complexity index is 582. The zero-order valence-corrected chi connectivity index (χ0v) is 11.9. The van der Waals surface area contributed by atoms with Crippen molar-refractivity contribution in [2.45, 2.75) is 18.9 Å². The van der Waals surface area contributed by atoms with Crippen LogP contribution in [-0.4, -0.2) is 35.5 Å². The molecule has 112 valence electrons. The van der Waals surface area contributed by atoms with E-state index in [2.05, 4.69) is 11.4 Å². The van der Waals surface area contributed by atoms with Crippen molar-refractivity contribution < 1.29 is 9.31 Å². The van der Waals surface area contributed by atoms with E-state index in [1.165, 1.54) is 6.07 Å². The number of benzene rings is 1. The summed E-state index contributed by atoms with van der Waals surface area (Å²) in [5, 5.41) is 22.5. The molecule has 6 nitrogen and oxygen atoms in total. The molecule has 21 heavy (non-hydrogen) atoms. The molecule has 0 spiro atoms. The highest BCUT2D eigenvalue weighted by Crippen LogP contribution is 2.31. The molecule has 0 aromatic heterocycles. The van der Waals surface area contributed by atoms with E-state index in [1.54, 1.807) is 0 Å². The summed E-state index contributed by atoms with van der Waals surface area (Å²) in [6, 6.07) is 4.21. The lowest BCUT2D eigenvalue weighted by molar-refractivity contribution is -0.384. The molecule has 0 saturated carbocycles. The Morgan fingerprint density at radius 3 is 2.76 bits per heavy atom. The van der Waals surface area contributed by atoms with Crippen molar-refractivity contribution in [3.8, 4) is 6.07 Å². The van der Waals surface area contributed by atoms with Crippen LogP contribution in [0.2, 0.25) is 5.02 Å². The standard InChI is InChI=1S/C13H14ClFN4O2/c14-10-7-12(13(19(20)21)8-11(10)15)17-9-1-4-18(5-2-9)6-3-16/h7-9,17H,1-2,4-6H2. The number of nitriles is 1. The third kappa shape index (κ3) is 3.80. The summed E-state index contributed by atoms with van der Waals surface area (Å²) in [5.41, 5.74) is -0.0958. The van der Waals surface area contributed by atoms with Crippen LogP contribution in [0.5, 0.6) is 0 Å². The van der Waals surface area contributed by atoms with E-state index >= 15 is 0 Å². The molecule has 0 radical (unpaired) electrons. The van der Waals surface area contributed by atoms with Crippen LogP contribution >= 0.6 is 11.6 Å². The van der Waals surface area contributed by atoms with E-state index in [9.17, 15) is 14.5 Å². The number of hydrogen-bond donors (Lipinski definition) is 1. The summed E-state index contributed by atoms with van der Waals surface area (Å²) < 4.78 is 13.3. The van der Waals surface area contributed by atoms with Gasteiger partial charge in [-0.05, 0) is 18.9 Å². The van der Waals surface area contributed by atoms with E-state index in [0.717, 1.165) is 32.0 Å². The van der Waals surface area contributed by atoms with Gasteiger partial charge in [0, 0.05) is 19.1 Å². The highest BCUT2D eigenvalue weighted by atomic mass is 35.5. The number of hydrogen-bond acceptors (Lipinski definition) is 5. The molecule has 1 aliphatic rings. The topological polar surface area (TPSA) is 82.2 Å². The Hall–Kier alpha value is -1.91. The molecule has 2 rings (SSSR count). The van der Waals surface area contributed by atoms with E-state index in [4.69, 9.17) is 16.9 Å². The van der Waals surface area contributed by atoms with E-state index in [1.807, 2.05) is 4.90 Å². The number of nitro groups is 1. The lowest BCUT2D eigenvalue weighted by Crippen LogP contribution is -2.39. The van der Waals surface area contributed by atoms with Crippen molar-refractivity contribution in [1.82, 2.24) is 4.90 Å². The molecule has 0 amide bonds. The molecule has 1 saturated heterocycles. The van der Waals surface area contributed by atoms with Gasteiger partial charge >= 0.3 is 0 Å². The van der Waals surface area contributed by atoms with Crippen molar-refractivity contribution >= 4 is 23.0 Å². The van der Waals surface area contributed by atoms with Crippen molar-refractivity contribution in [2.24, 2.45) is 0 Å². The molecular formula is C13H14ClFN4O2. The van der Waals surface area contributed by atoms with Crippen LogP contribution in [0.1, 0.15) is 12.8 Å². The molecule has 1 N–H and O–H groups in total. The molecule has 1 fully saturated rings. The maximum absolute atomic E-state index is 13.3. The highest BCUT2D eigenvalue weighted by Gasteiger charge is 2.23. The number of nitrogens with zero attached hydrogens (tertiary/aromatic N) is 3. The summed E-state index contributed by atoms with van der Waals surface area (Å²) in [5.74, 6) is -0.808. The fourth-order valence-electron chi connectivity index (χ4n) is 2.36. The van der Waals surface area contributed by atoms with Gasteiger partial charge in [-0.25, -0.2) is 4.39 Å². The summed E-state index contributed by atoms with van der Waals surface area (Å²) in [6.07, 6.45) is 1.52. The minimum absolute atomic E-state index is 0.0418. The second-order valence-corrected chi connectivity index (χ2v) is 5.30. The third-order valence-corrected chi connectivity index (χ3v) is 3.77. The first kappa shape index (κ1) is 15.5. The maximum Gasteiger partial charge on any atom is 0.295 e. The van der Waals surface area contributed by atoms with Crippen molar-refractivity contribution in [1.29, 1.82) is 5.26 Å². The van der Waals surface area contributed by atoms with Gasteiger partial charge < -0.3 is 5.32 Å². The van der Waals surface area contributed by atoms with Crippen LogP contribution < -0.4 is 5.32 Å². The van der Waals surface area contributed by atoms with Crippen LogP contribution in [-0.2, 0) is 0 Å². The molecule has 1 aromatic rings. The monoisotopic (exact) mass is 312 g/mol. The van der Waals surface area contributed by atoms with E-state index < -0.39 is 10.7 Å². The largest absolute Gasteiger partial charge is 0.377 e. The number of nitrogens with one attached hydrogen (secondary N) is 1. The van der Waals surface area contributed by atoms with Gasteiger partial charge in [-0.15, -0.1) is 0 Å². The van der Waals surface area contributed by atoms with Gasteiger partial charge in [-0.3, -0.25) is 15.0 Å². The molecule has 0 atom stereocenters. The van der Waals surface area contributed by atoms with Crippen molar-refractivity contribution in [3.05, 3.63) is 33.1 Å². The van der Waals surface area contributed by atoms with Gasteiger partial charge in [0.05, 0.1) is 28.6 Å². The van der Waals surface area contributed by atoms with Crippen LogP contribution in [0.25, 0.3) is 0 Å². The average Bonchev–Trinajstić information content (AvgIpc) is 2.44. The van der Waals surface area contributed by atoms with Crippen molar-refractivity contribution in [3.63, 3.8) is 0 Å². The van der Waals surface area contributed by atoms with Crippen LogP contribution in [0.4, 0.5) is 15.8 Å². The van der Waals surface area contributed by atoms with Crippen LogP contribution in [0.3, 0.4) is 0 Å². The normalized spacial score (nSPS) is 16.4. The predicted octanol–water partition coefficient (Wildman–Crippen LogP) is 2.79. The van der Waals surface area contributed by atoms with Crippen molar-refractivity contribution in [2.75, 3.05) is 25.0 Å². The van der Waals surface area contributed by atoms with E-state index in [-0.39, 0.29) is 22.4 Å². The SMILES string of the molecule is N#CCN1CCC(Nc2cc(Cl)c(F)cc2[N+](=O)[O-])CC1. The number of halogens is 2. The first-order chi connectivity index (χ1) is 10.0. The Kier molecular flexibility index (Phi) is 4.94. The second kappa shape index (κ2) is 6.70. The van der Waals surface area contributed by atoms with Gasteiger partial charge in [0.25, 0.3) is 5.69 Å². The summed E-state index contributed by atoms with van der Waals surface area (Å²) in [4.78, 5) is 12.4. The molecule has 0 unspecified atom stereocenters.